The zero-order valence-corrected chi connectivity index (χ0v) is 13.6. The molecule has 0 aromatic heterocycles. The van der Waals surface area contributed by atoms with Crippen molar-refractivity contribution in [3.05, 3.63) is 24.3 Å². The minimum atomic E-state index is -3.51. The van der Waals surface area contributed by atoms with E-state index in [0.717, 1.165) is 10.7 Å². The number of hydrogen-bond donors (Lipinski definition) is 2. The van der Waals surface area contributed by atoms with E-state index in [0.29, 0.717) is 18.5 Å². The number of nitrogens with one attached hydrogen (secondary N) is 1. The van der Waals surface area contributed by atoms with Gasteiger partial charge in [-0.25, -0.2) is 12.7 Å². The van der Waals surface area contributed by atoms with Gasteiger partial charge >= 0.3 is 0 Å². The highest BCUT2D eigenvalue weighted by atomic mass is 35.5. The summed E-state index contributed by atoms with van der Waals surface area (Å²) in [6, 6.07) is 6.17. The summed E-state index contributed by atoms with van der Waals surface area (Å²) in [7, 11) is -0.587. The van der Waals surface area contributed by atoms with Crippen LogP contribution in [0.5, 0.6) is 0 Å². The van der Waals surface area contributed by atoms with E-state index >= 15 is 0 Å². The Morgan fingerprint density at radius 1 is 1.33 bits per heavy atom. The zero-order chi connectivity index (χ0) is 15.0. The van der Waals surface area contributed by atoms with Crippen molar-refractivity contribution in [2.45, 2.75) is 29.7 Å². The van der Waals surface area contributed by atoms with E-state index in [1.807, 2.05) is 0 Å². The minimum Gasteiger partial charge on any atom is -0.324 e. The molecule has 6 nitrogen and oxygen atoms in total. The Bertz CT molecular complexity index is 627. The van der Waals surface area contributed by atoms with Crippen molar-refractivity contribution >= 4 is 34.0 Å². The quantitative estimate of drug-likeness (QED) is 0.865. The molecule has 1 amide bonds. The summed E-state index contributed by atoms with van der Waals surface area (Å²) in [6.07, 6.45) is 2.27. The molecule has 0 unspecified atom stereocenters. The number of nitrogens with two attached hydrogens (primary N) is 1. The fourth-order valence-corrected chi connectivity index (χ4v) is 2.93. The first-order valence-corrected chi connectivity index (χ1v) is 7.83. The Morgan fingerprint density at radius 3 is 2.43 bits per heavy atom. The normalized spacial score (nSPS) is 16.8. The second kappa shape index (κ2) is 6.31. The average molecular weight is 334 g/mol. The van der Waals surface area contributed by atoms with Gasteiger partial charge in [-0.1, -0.05) is 6.07 Å². The maximum absolute atomic E-state index is 12.0. The molecular formula is C13H20ClN3O3S. The molecule has 0 bridgehead atoms. The van der Waals surface area contributed by atoms with Crippen LogP contribution in [0.1, 0.15) is 19.3 Å². The van der Waals surface area contributed by atoms with E-state index in [2.05, 4.69) is 5.32 Å². The van der Waals surface area contributed by atoms with E-state index in [9.17, 15) is 13.2 Å². The number of halogens is 1. The highest BCUT2D eigenvalue weighted by Gasteiger charge is 2.40. The summed E-state index contributed by atoms with van der Waals surface area (Å²) < 4.78 is 25.2. The third kappa shape index (κ3) is 3.55. The van der Waals surface area contributed by atoms with Gasteiger partial charge in [0.25, 0.3) is 0 Å². The van der Waals surface area contributed by atoms with Crippen molar-refractivity contribution in [1.29, 1.82) is 0 Å². The first kappa shape index (κ1) is 17.9. The van der Waals surface area contributed by atoms with Crippen molar-refractivity contribution in [2.24, 2.45) is 5.73 Å². The minimum absolute atomic E-state index is 0. The van der Waals surface area contributed by atoms with Gasteiger partial charge in [0.05, 0.1) is 10.4 Å². The second-order valence-corrected chi connectivity index (χ2v) is 7.43. The lowest BCUT2D eigenvalue weighted by molar-refractivity contribution is -0.123. The van der Waals surface area contributed by atoms with E-state index in [1.54, 1.807) is 12.1 Å². The molecule has 1 aliphatic carbocycles. The van der Waals surface area contributed by atoms with Crippen LogP contribution in [0.2, 0.25) is 0 Å². The first-order valence-electron chi connectivity index (χ1n) is 6.39. The van der Waals surface area contributed by atoms with Crippen LogP contribution in [0.3, 0.4) is 0 Å². The average Bonchev–Trinajstić information content (AvgIpc) is 2.36. The molecule has 0 heterocycles. The monoisotopic (exact) mass is 333 g/mol. The van der Waals surface area contributed by atoms with Gasteiger partial charge in [0.1, 0.15) is 0 Å². The number of rotatable bonds is 4. The van der Waals surface area contributed by atoms with Crippen LogP contribution >= 0.6 is 12.4 Å². The summed E-state index contributed by atoms with van der Waals surface area (Å²) >= 11 is 0. The molecular weight excluding hydrogens is 314 g/mol. The first-order chi connectivity index (χ1) is 9.25. The van der Waals surface area contributed by atoms with Crippen LogP contribution < -0.4 is 11.1 Å². The Hall–Kier alpha value is -1.15. The fraction of sp³-hybridized carbons (Fsp3) is 0.462. The van der Waals surface area contributed by atoms with Crippen molar-refractivity contribution in [1.82, 2.24) is 4.31 Å². The summed E-state index contributed by atoms with van der Waals surface area (Å²) in [5.41, 5.74) is 5.56. The van der Waals surface area contributed by atoms with E-state index in [4.69, 9.17) is 5.73 Å². The van der Waals surface area contributed by atoms with Crippen molar-refractivity contribution in [2.75, 3.05) is 19.4 Å². The highest BCUT2D eigenvalue weighted by molar-refractivity contribution is 7.89. The van der Waals surface area contributed by atoms with Crippen LogP contribution in [0.25, 0.3) is 0 Å². The Balaban J connectivity index is 0.00000220. The zero-order valence-electron chi connectivity index (χ0n) is 12.0. The number of carbonyl (C=O) groups is 1. The lowest BCUT2D eigenvalue weighted by Crippen LogP contribution is -2.56. The molecule has 1 saturated carbocycles. The number of hydrogen-bond acceptors (Lipinski definition) is 4. The van der Waals surface area contributed by atoms with Crippen molar-refractivity contribution in [3.63, 3.8) is 0 Å². The van der Waals surface area contributed by atoms with E-state index in [1.165, 1.54) is 26.2 Å². The number of sulfonamides is 1. The van der Waals surface area contributed by atoms with Gasteiger partial charge in [0, 0.05) is 19.8 Å². The van der Waals surface area contributed by atoms with E-state index < -0.39 is 15.6 Å². The lowest BCUT2D eigenvalue weighted by Gasteiger charge is -2.36. The molecule has 0 atom stereocenters. The topological polar surface area (TPSA) is 92.5 Å². The van der Waals surface area contributed by atoms with Gasteiger partial charge in [-0.15, -0.1) is 12.4 Å². The Kier molecular flexibility index (Phi) is 5.38. The SMILES string of the molecule is CN(C)S(=O)(=O)c1cccc(NC(=O)C2(N)CCC2)c1.Cl. The molecule has 0 radical (unpaired) electrons. The van der Waals surface area contributed by atoms with Crippen molar-refractivity contribution < 1.29 is 13.2 Å². The van der Waals surface area contributed by atoms with Gasteiger partial charge < -0.3 is 11.1 Å². The molecule has 1 fully saturated rings. The maximum atomic E-state index is 12.0. The van der Waals surface area contributed by atoms with Crippen LogP contribution in [-0.4, -0.2) is 38.3 Å². The van der Waals surface area contributed by atoms with Gasteiger partial charge in [-0.3, -0.25) is 4.79 Å². The smallest absolute Gasteiger partial charge is 0.244 e. The highest BCUT2D eigenvalue weighted by Crippen LogP contribution is 2.30. The van der Waals surface area contributed by atoms with Crippen molar-refractivity contribution in [3.8, 4) is 0 Å². The molecule has 0 spiro atoms. The molecule has 2 rings (SSSR count). The maximum Gasteiger partial charge on any atom is 0.244 e. The number of benzene rings is 1. The Morgan fingerprint density at radius 2 is 1.95 bits per heavy atom. The molecule has 1 aromatic rings. The summed E-state index contributed by atoms with van der Waals surface area (Å²) in [5.74, 6) is -0.261. The second-order valence-electron chi connectivity index (χ2n) is 5.28. The largest absolute Gasteiger partial charge is 0.324 e. The van der Waals surface area contributed by atoms with E-state index in [-0.39, 0.29) is 23.2 Å². The van der Waals surface area contributed by atoms with Gasteiger partial charge in [0.15, 0.2) is 0 Å². The third-order valence-corrected chi connectivity index (χ3v) is 5.38. The number of amides is 1. The van der Waals surface area contributed by atoms with Crippen LogP contribution in [-0.2, 0) is 14.8 Å². The molecule has 0 aliphatic heterocycles. The van der Waals surface area contributed by atoms with Gasteiger partial charge in [-0.2, -0.15) is 0 Å². The van der Waals surface area contributed by atoms with Gasteiger partial charge in [0.2, 0.25) is 15.9 Å². The molecule has 21 heavy (non-hydrogen) atoms. The van der Waals surface area contributed by atoms with Crippen LogP contribution in [0, 0.1) is 0 Å². The number of carbonyl (C=O) groups excluding carboxylic acids is 1. The summed E-state index contributed by atoms with van der Waals surface area (Å²) in [4.78, 5) is 12.2. The van der Waals surface area contributed by atoms with Crippen LogP contribution in [0.15, 0.2) is 29.2 Å². The predicted octanol–water partition coefficient (Wildman–Crippen LogP) is 1.18. The van der Waals surface area contributed by atoms with Gasteiger partial charge in [-0.05, 0) is 37.5 Å². The Labute approximate surface area is 131 Å². The summed E-state index contributed by atoms with van der Waals surface area (Å²) in [6.45, 7) is 0. The molecule has 1 aliphatic rings. The molecule has 1 aromatic carbocycles. The predicted molar refractivity (Wildman–Crippen MR) is 84.0 cm³/mol. The third-order valence-electron chi connectivity index (χ3n) is 3.57. The molecule has 3 N–H and O–H groups in total. The lowest BCUT2D eigenvalue weighted by atomic mass is 9.77. The summed E-state index contributed by atoms with van der Waals surface area (Å²) in [5, 5.41) is 2.69. The number of nitrogens with zero attached hydrogens (tertiary/aromatic N) is 1. The standard InChI is InChI=1S/C13H19N3O3S.ClH/c1-16(2)20(18,19)11-6-3-5-10(9-11)15-12(17)13(14)7-4-8-13;/h3,5-6,9H,4,7-8,14H2,1-2H3,(H,15,17);1H. The number of anilines is 1. The van der Waals surface area contributed by atoms with Crippen LogP contribution in [0.4, 0.5) is 5.69 Å². The molecule has 118 valence electrons. The fourth-order valence-electron chi connectivity index (χ4n) is 1.99. The molecule has 8 heteroatoms. The molecule has 0 saturated heterocycles.